The summed E-state index contributed by atoms with van der Waals surface area (Å²) < 4.78 is 5.70. The third-order valence-corrected chi connectivity index (χ3v) is 3.44. The highest BCUT2D eigenvalue weighted by Crippen LogP contribution is 2.25. The molecular formula is C17H28ClNO. The maximum absolute atomic E-state index is 6.12. The van der Waals surface area contributed by atoms with Gasteiger partial charge in [0.25, 0.3) is 0 Å². The minimum Gasteiger partial charge on any atom is -0.492 e. The number of ether oxygens (including phenoxy) is 1. The molecule has 0 spiro atoms. The lowest BCUT2D eigenvalue weighted by molar-refractivity contribution is 0.304. The van der Waals surface area contributed by atoms with E-state index in [0.717, 1.165) is 43.3 Å². The van der Waals surface area contributed by atoms with Gasteiger partial charge in [-0.25, -0.2) is 0 Å². The van der Waals surface area contributed by atoms with Crippen molar-refractivity contribution >= 4 is 11.6 Å². The van der Waals surface area contributed by atoms with Crippen molar-refractivity contribution in [2.24, 2.45) is 5.92 Å². The molecule has 0 atom stereocenters. The maximum atomic E-state index is 6.12. The van der Waals surface area contributed by atoms with Crippen LogP contribution in [0.25, 0.3) is 0 Å². The molecule has 0 unspecified atom stereocenters. The zero-order valence-corrected chi connectivity index (χ0v) is 13.8. The summed E-state index contributed by atoms with van der Waals surface area (Å²) in [6.07, 6.45) is 4.81. The molecule has 0 heterocycles. The Balaban J connectivity index is 1.99. The second-order valence-corrected chi connectivity index (χ2v) is 6.20. The number of aryl methyl sites for hydroxylation is 1. The topological polar surface area (TPSA) is 21.3 Å². The molecule has 1 N–H and O–H groups in total. The normalized spacial score (nSPS) is 11.1. The summed E-state index contributed by atoms with van der Waals surface area (Å²) in [4.78, 5) is 0. The monoisotopic (exact) mass is 297 g/mol. The lowest BCUT2D eigenvalue weighted by atomic mass is 10.2. The van der Waals surface area contributed by atoms with E-state index in [2.05, 4.69) is 19.2 Å². The number of halogens is 1. The summed E-state index contributed by atoms with van der Waals surface area (Å²) in [5, 5.41) is 4.18. The predicted molar refractivity (Wildman–Crippen MR) is 87.9 cm³/mol. The predicted octanol–water partition coefficient (Wildman–Crippen LogP) is 4.83. The first-order chi connectivity index (χ1) is 9.59. The molecule has 0 radical (unpaired) electrons. The van der Waals surface area contributed by atoms with Crippen molar-refractivity contribution in [3.8, 4) is 5.75 Å². The van der Waals surface area contributed by atoms with Crippen LogP contribution in [0.1, 0.15) is 45.1 Å². The first-order valence-electron chi connectivity index (χ1n) is 7.69. The van der Waals surface area contributed by atoms with Gasteiger partial charge in [-0.1, -0.05) is 44.4 Å². The summed E-state index contributed by atoms with van der Waals surface area (Å²) in [7, 11) is 0. The molecule has 1 rings (SSSR count). The molecule has 3 heteroatoms. The lowest BCUT2D eigenvalue weighted by Gasteiger charge is -2.09. The van der Waals surface area contributed by atoms with Crippen LogP contribution >= 0.6 is 11.6 Å². The number of hydrogen-bond acceptors (Lipinski definition) is 2. The summed E-state index contributed by atoms with van der Waals surface area (Å²) in [5.74, 6) is 1.54. The van der Waals surface area contributed by atoms with E-state index in [-0.39, 0.29) is 0 Å². The van der Waals surface area contributed by atoms with Crippen LogP contribution < -0.4 is 10.1 Å². The summed E-state index contributed by atoms with van der Waals surface area (Å²) in [6, 6.07) is 5.92. The second kappa shape index (κ2) is 10.1. The molecular weight excluding hydrogens is 270 g/mol. The highest BCUT2D eigenvalue weighted by Gasteiger charge is 2.01. The summed E-state index contributed by atoms with van der Waals surface area (Å²) in [5.41, 5.74) is 1.16. The molecule has 1 aromatic rings. The first-order valence-corrected chi connectivity index (χ1v) is 8.07. The van der Waals surface area contributed by atoms with E-state index in [9.17, 15) is 0 Å². The Morgan fingerprint density at radius 2 is 1.90 bits per heavy atom. The van der Waals surface area contributed by atoms with Crippen molar-refractivity contribution in [2.75, 3.05) is 19.7 Å². The lowest BCUT2D eigenvalue weighted by Crippen LogP contribution is -2.20. The molecule has 20 heavy (non-hydrogen) atoms. The van der Waals surface area contributed by atoms with Crippen molar-refractivity contribution in [3.05, 3.63) is 28.8 Å². The van der Waals surface area contributed by atoms with Gasteiger partial charge in [0.2, 0.25) is 0 Å². The van der Waals surface area contributed by atoms with Crippen LogP contribution in [0.4, 0.5) is 0 Å². The van der Waals surface area contributed by atoms with Gasteiger partial charge in [0.05, 0.1) is 11.6 Å². The van der Waals surface area contributed by atoms with Gasteiger partial charge in [0.1, 0.15) is 5.75 Å². The number of unbranched alkanes of at least 4 members (excludes halogenated alkanes) is 3. The van der Waals surface area contributed by atoms with E-state index < -0.39 is 0 Å². The smallest absolute Gasteiger partial charge is 0.137 e. The van der Waals surface area contributed by atoms with Gasteiger partial charge in [-0.05, 0) is 56.5 Å². The van der Waals surface area contributed by atoms with Crippen molar-refractivity contribution in [2.45, 2.75) is 46.5 Å². The fourth-order valence-electron chi connectivity index (χ4n) is 2.00. The highest BCUT2D eigenvalue weighted by molar-refractivity contribution is 6.32. The fraction of sp³-hybridized carbons (Fsp3) is 0.647. The van der Waals surface area contributed by atoms with Crippen LogP contribution in [0.15, 0.2) is 18.2 Å². The highest BCUT2D eigenvalue weighted by atomic mass is 35.5. The van der Waals surface area contributed by atoms with Crippen molar-refractivity contribution < 1.29 is 4.74 Å². The van der Waals surface area contributed by atoms with Crippen LogP contribution in [0.2, 0.25) is 5.02 Å². The maximum Gasteiger partial charge on any atom is 0.137 e. The molecule has 0 aliphatic rings. The Morgan fingerprint density at radius 3 is 2.60 bits per heavy atom. The molecule has 0 saturated carbocycles. The van der Waals surface area contributed by atoms with Gasteiger partial charge in [-0.2, -0.15) is 0 Å². The Hall–Kier alpha value is -0.730. The number of hydrogen-bond donors (Lipinski definition) is 1. The van der Waals surface area contributed by atoms with Crippen molar-refractivity contribution in [3.63, 3.8) is 0 Å². The number of rotatable bonds is 10. The summed E-state index contributed by atoms with van der Waals surface area (Å²) in [6.45, 7) is 9.50. The molecule has 0 aliphatic heterocycles. The quantitative estimate of drug-likeness (QED) is 0.624. The molecule has 0 amide bonds. The first kappa shape index (κ1) is 17.3. The van der Waals surface area contributed by atoms with Gasteiger partial charge in [-0.15, -0.1) is 0 Å². The van der Waals surface area contributed by atoms with Gasteiger partial charge >= 0.3 is 0 Å². The molecule has 2 nitrogen and oxygen atoms in total. The van der Waals surface area contributed by atoms with Crippen LogP contribution in [-0.2, 0) is 0 Å². The van der Waals surface area contributed by atoms with E-state index in [0.29, 0.717) is 5.02 Å². The van der Waals surface area contributed by atoms with Gasteiger partial charge in [0.15, 0.2) is 0 Å². The van der Waals surface area contributed by atoms with Crippen LogP contribution in [0.3, 0.4) is 0 Å². The summed E-state index contributed by atoms with van der Waals surface area (Å²) >= 11 is 6.12. The zero-order valence-electron chi connectivity index (χ0n) is 13.0. The molecule has 114 valence electrons. The molecule has 0 bridgehead atoms. The fourth-order valence-corrected chi connectivity index (χ4v) is 2.29. The third-order valence-electron chi connectivity index (χ3n) is 3.15. The average Bonchev–Trinajstić information content (AvgIpc) is 2.38. The average molecular weight is 298 g/mol. The largest absolute Gasteiger partial charge is 0.492 e. The SMILES string of the molecule is Cc1ccc(OCCCCCCNCC(C)C)c(Cl)c1. The van der Waals surface area contributed by atoms with Crippen molar-refractivity contribution in [1.29, 1.82) is 0 Å². The van der Waals surface area contributed by atoms with Crippen LogP contribution in [-0.4, -0.2) is 19.7 Å². The van der Waals surface area contributed by atoms with Gasteiger partial charge < -0.3 is 10.1 Å². The standard InChI is InChI=1S/C17H28ClNO/c1-14(2)13-19-10-6-4-5-7-11-20-17-9-8-15(3)12-16(17)18/h8-9,12,14,19H,4-7,10-11,13H2,1-3H3. The molecule has 0 aromatic heterocycles. The second-order valence-electron chi connectivity index (χ2n) is 5.79. The van der Waals surface area contributed by atoms with Crippen LogP contribution in [0.5, 0.6) is 5.75 Å². The Labute approximate surface area is 128 Å². The van der Waals surface area contributed by atoms with E-state index in [1.165, 1.54) is 19.3 Å². The number of benzene rings is 1. The van der Waals surface area contributed by atoms with E-state index in [4.69, 9.17) is 16.3 Å². The van der Waals surface area contributed by atoms with Gasteiger partial charge in [-0.3, -0.25) is 0 Å². The van der Waals surface area contributed by atoms with E-state index in [1.54, 1.807) is 0 Å². The Kier molecular flexibility index (Phi) is 8.72. The zero-order chi connectivity index (χ0) is 14.8. The van der Waals surface area contributed by atoms with E-state index in [1.807, 2.05) is 25.1 Å². The Morgan fingerprint density at radius 1 is 1.15 bits per heavy atom. The number of nitrogens with one attached hydrogen (secondary N) is 1. The minimum atomic E-state index is 0.711. The van der Waals surface area contributed by atoms with Crippen LogP contribution in [0, 0.1) is 12.8 Å². The molecule has 1 aromatic carbocycles. The van der Waals surface area contributed by atoms with E-state index >= 15 is 0 Å². The minimum absolute atomic E-state index is 0.711. The molecule has 0 fully saturated rings. The third kappa shape index (κ3) is 7.76. The van der Waals surface area contributed by atoms with Gasteiger partial charge in [0, 0.05) is 0 Å². The molecule has 0 aliphatic carbocycles. The Bertz CT molecular complexity index is 379. The van der Waals surface area contributed by atoms with Crippen molar-refractivity contribution in [1.82, 2.24) is 5.32 Å². The molecule has 0 saturated heterocycles.